The first-order chi connectivity index (χ1) is 9.26. The molecule has 1 aromatic rings. The van der Waals surface area contributed by atoms with Crippen LogP contribution in [-0.4, -0.2) is 32.8 Å². The molecule has 0 aromatic heterocycles. The molecule has 5 nitrogen and oxygen atoms in total. The van der Waals surface area contributed by atoms with Gasteiger partial charge in [-0.15, -0.1) is 0 Å². The van der Waals surface area contributed by atoms with Crippen molar-refractivity contribution in [2.24, 2.45) is 0 Å². The Morgan fingerprint density at radius 3 is 2.95 bits per heavy atom. The van der Waals surface area contributed by atoms with Gasteiger partial charge in [0.25, 0.3) is 0 Å². The Kier molecular flexibility index (Phi) is 7.25. The van der Waals surface area contributed by atoms with Crippen molar-refractivity contribution in [2.75, 3.05) is 32.2 Å². The van der Waals surface area contributed by atoms with Crippen molar-refractivity contribution < 1.29 is 14.3 Å². The van der Waals surface area contributed by atoms with Crippen LogP contribution in [0.4, 0.5) is 5.69 Å². The van der Waals surface area contributed by atoms with Gasteiger partial charge in [-0.2, -0.15) is 5.26 Å². The van der Waals surface area contributed by atoms with Gasteiger partial charge in [0, 0.05) is 26.0 Å². The highest BCUT2D eigenvalue weighted by Crippen LogP contribution is 2.09. The van der Waals surface area contributed by atoms with Crippen molar-refractivity contribution in [3.63, 3.8) is 0 Å². The van der Waals surface area contributed by atoms with Gasteiger partial charge in [0.15, 0.2) is 0 Å². The summed E-state index contributed by atoms with van der Waals surface area (Å²) in [4.78, 5) is 11.6. The van der Waals surface area contributed by atoms with Crippen molar-refractivity contribution in [3.8, 4) is 6.07 Å². The molecule has 0 unspecified atom stereocenters. The quantitative estimate of drug-likeness (QED) is 0.727. The highest BCUT2D eigenvalue weighted by Gasteiger charge is 2.03. The minimum absolute atomic E-state index is 0.123. The number of nitrogens with zero attached hydrogens (tertiary/aromatic N) is 1. The molecule has 1 rings (SSSR count). The van der Waals surface area contributed by atoms with Crippen LogP contribution in [0.2, 0.25) is 0 Å². The van der Waals surface area contributed by atoms with Gasteiger partial charge in [-0.3, -0.25) is 4.79 Å². The first-order valence-corrected chi connectivity index (χ1v) is 6.13. The van der Waals surface area contributed by atoms with Crippen LogP contribution < -0.4 is 5.32 Å². The zero-order valence-electron chi connectivity index (χ0n) is 11.0. The second-order valence-corrected chi connectivity index (χ2v) is 3.95. The van der Waals surface area contributed by atoms with Crippen LogP contribution in [0.1, 0.15) is 18.4 Å². The van der Waals surface area contributed by atoms with E-state index in [0.29, 0.717) is 37.5 Å². The Bertz CT molecular complexity index is 441. The maximum atomic E-state index is 11.6. The second-order valence-electron chi connectivity index (χ2n) is 3.95. The second kappa shape index (κ2) is 9.09. The van der Waals surface area contributed by atoms with Gasteiger partial charge in [-0.05, 0) is 24.6 Å². The Morgan fingerprint density at radius 1 is 1.37 bits per heavy atom. The van der Waals surface area contributed by atoms with E-state index in [9.17, 15) is 4.79 Å². The van der Waals surface area contributed by atoms with Crippen LogP contribution in [-0.2, 0) is 14.3 Å². The van der Waals surface area contributed by atoms with Crippen molar-refractivity contribution in [2.45, 2.75) is 12.8 Å². The van der Waals surface area contributed by atoms with Crippen LogP contribution in [0.3, 0.4) is 0 Å². The third-order valence-electron chi connectivity index (χ3n) is 2.39. The summed E-state index contributed by atoms with van der Waals surface area (Å²) in [5, 5.41) is 11.5. The minimum atomic E-state index is -0.123. The van der Waals surface area contributed by atoms with E-state index in [1.54, 1.807) is 31.4 Å². The molecular formula is C14H18N2O3. The molecule has 0 spiro atoms. The number of amides is 1. The SMILES string of the molecule is COCCCOCCC(=O)Nc1cccc(C#N)c1. The lowest BCUT2D eigenvalue weighted by atomic mass is 10.2. The summed E-state index contributed by atoms with van der Waals surface area (Å²) in [6.07, 6.45) is 1.12. The fraction of sp³-hybridized carbons (Fsp3) is 0.429. The standard InChI is InChI=1S/C14H18N2O3/c1-18-7-3-8-19-9-6-14(17)16-13-5-2-4-12(10-13)11-15/h2,4-5,10H,3,6-9H2,1H3,(H,16,17). The van der Waals surface area contributed by atoms with Crippen molar-refractivity contribution in [3.05, 3.63) is 29.8 Å². The van der Waals surface area contributed by atoms with Crippen LogP contribution in [0.15, 0.2) is 24.3 Å². The van der Waals surface area contributed by atoms with Crippen molar-refractivity contribution in [1.82, 2.24) is 0 Å². The summed E-state index contributed by atoms with van der Waals surface area (Å²) in [6, 6.07) is 8.83. The fourth-order valence-electron chi connectivity index (χ4n) is 1.46. The molecule has 1 aromatic carbocycles. The number of anilines is 1. The molecule has 0 atom stereocenters. The van der Waals surface area contributed by atoms with E-state index in [4.69, 9.17) is 14.7 Å². The number of carbonyl (C=O) groups excluding carboxylic acids is 1. The largest absolute Gasteiger partial charge is 0.385 e. The Labute approximate surface area is 113 Å². The van der Waals surface area contributed by atoms with E-state index in [1.807, 2.05) is 6.07 Å². The molecule has 0 saturated heterocycles. The first kappa shape index (κ1) is 15.2. The van der Waals surface area contributed by atoms with E-state index in [0.717, 1.165) is 6.42 Å². The molecule has 0 bridgehead atoms. The van der Waals surface area contributed by atoms with Gasteiger partial charge in [-0.25, -0.2) is 0 Å². The monoisotopic (exact) mass is 262 g/mol. The molecule has 0 radical (unpaired) electrons. The zero-order valence-corrected chi connectivity index (χ0v) is 11.0. The molecule has 0 fully saturated rings. The van der Waals surface area contributed by atoms with E-state index in [2.05, 4.69) is 5.32 Å². The molecular weight excluding hydrogens is 244 g/mol. The average Bonchev–Trinajstić information content (AvgIpc) is 2.43. The third kappa shape index (κ3) is 6.55. The predicted octanol–water partition coefficient (Wildman–Crippen LogP) is 1.94. The molecule has 5 heteroatoms. The number of benzene rings is 1. The summed E-state index contributed by atoms with van der Waals surface area (Å²) >= 11 is 0. The third-order valence-corrected chi connectivity index (χ3v) is 2.39. The fourth-order valence-corrected chi connectivity index (χ4v) is 1.46. The van der Waals surface area contributed by atoms with Crippen LogP contribution in [0.5, 0.6) is 0 Å². The first-order valence-electron chi connectivity index (χ1n) is 6.13. The summed E-state index contributed by atoms with van der Waals surface area (Å²) in [6.45, 7) is 1.63. The molecule has 0 saturated carbocycles. The number of methoxy groups -OCH3 is 1. The van der Waals surface area contributed by atoms with Crippen molar-refractivity contribution >= 4 is 11.6 Å². The minimum Gasteiger partial charge on any atom is -0.385 e. The summed E-state index contributed by atoms with van der Waals surface area (Å²) in [5.74, 6) is -0.123. The van der Waals surface area contributed by atoms with E-state index < -0.39 is 0 Å². The Balaban J connectivity index is 2.22. The highest BCUT2D eigenvalue weighted by atomic mass is 16.5. The van der Waals surface area contributed by atoms with E-state index >= 15 is 0 Å². The lowest BCUT2D eigenvalue weighted by molar-refractivity contribution is -0.117. The molecule has 0 aliphatic carbocycles. The summed E-state index contributed by atoms with van der Waals surface area (Å²) in [5.41, 5.74) is 1.15. The number of hydrogen-bond donors (Lipinski definition) is 1. The zero-order chi connectivity index (χ0) is 13.9. The van der Waals surface area contributed by atoms with Crippen LogP contribution >= 0.6 is 0 Å². The molecule has 1 N–H and O–H groups in total. The highest BCUT2D eigenvalue weighted by molar-refractivity contribution is 5.90. The van der Waals surface area contributed by atoms with E-state index in [1.165, 1.54) is 0 Å². The van der Waals surface area contributed by atoms with Gasteiger partial charge >= 0.3 is 0 Å². The smallest absolute Gasteiger partial charge is 0.226 e. The number of nitrogens with one attached hydrogen (secondary N) is 1. The molecule has 19 heavy (non-hydrogen) atoms. The van der Waals surface area contributed by atoms with Gasteiger partial charge in [0.1, 0.15) is 0 Å². The average molecular weight is 262 g/mol. The molecule has 0 aliphatic heterocycles. The maximum absolute atomic E-state index is 11.6. The Morgan fingerprint density at radius 2 is 2.21 bits per heavy atom. The van der Waals surface area contributed by atoms with Crippen LogP contribution in [0, 0.1) is 11.3 Å². The normalized spacial score (nSPS) is 9.89. The number of nitriles is 1. The van der Waals surface area contributed by atoms with Crippen LogP contribution in [0.25, 0.3) is 0 Å². The van der Waals surface area contributed by atoms with Gasteiger partial charge < -0.3 is 14.8 Å². The van der Waals surface area contributed by atoms with Gasteiger partial charge in [-0.1, -0.05) is 6.07 Å². The summed E-state index contributed by atoms with van der Waals surface area (Å²) in [7, 11) is 1.64. The molecule has 1 amide bonds. The van der Waals surface area contributed by atoms with Gasteiger partial charge in [0.2, 0.25) is 5.91 Å². The lowest BCUT2D eigenvalue weighted by Gasteiger charge is -2.06. The topological polar surface area (TPSA) is 71.3 Å². The molecule has 102 valence electrons. The van der Waals surface area contributed by atoms with Crippen molar-refractivity contribution in [1.29, 1.82) is 5.26 Å². The predicted molar refractivity (Wildman–Crippen MR) is 71.7 cm³/mol. The molecule has 0 heterocycles. The number of hydrogen-bond acceptors (Lipinski definition) is 4. The van der Waals surface area contributed by atoms with Gasteiger partial charge in [0.05, 0.1) is 24.7 Å². The molecule has 0 aliphatic rings. The number of carbonyl (C=O) groups is 1. The Hall–Kier alpha value is -1.90. The lowest BCUT2D eigenvalue weighted by Crippen LogP contribution is -2.14. The number of ether oxygens (including phenoxy) is 2. The van der Waals surface area contributed by atoms with E-state index in [-0.39, 0.29) is 5.91 Å². The summed E-state index contributed by atoms with van der Waals surface area (Å²) < 4.78 is 10.2. The maximum Gasteiger partial charge on any atom is 0.226 e. The number of rotatable bonds is 8.